The van der Waals surface area contributed by atoms with Gasteiger partial charge in [-0.3, -0.25) is 0 Å². The molecule has 1 aliphatic rings. The van der Waals surface area contributed by atoms with Crippen LogP contribution in [0.2, 0.25) is 0 Å². The number of nitrogens with zero attached hydrogens (tertiary/aromatic N) is 4. The standard InChI is InChI=1S/C8H10N4O2/c1-12-10-7(9-11-12)5-3-2-4-6(5)8(13)14/h2-4H2,1H3,(H,13,14). The van der Waals surface area contributed by atoms with E-state index in [1.807, 2.05) is 0 Å². The van der Waals surface area contributed by atoms with Crippen molar-refractivity contribution in [1.82, 2.24) is 20.2 Å². The van der Waals surface area contributed by atoms with Gasteiger partial charge in [0.25, 0.3) is 0 Å². The van der Waals surface area contributed by atoms with Crippen molar-refractivity contribution in [3.8, 4) is 0 Å². The molecular weight excluding hydrogens is 184 g/mol. The van der Waals surface area contributed by atoms with Crippen LogP contribution in [0.25, 0.3) is 5.57 Å². The molecule has 1 aromatic heterocycles. The Morgan fingerprint density at radius 1 is 1.50 bits per heavy atom. The van der Waals surface area contributed by atoms with Gasteiger partial charge < -0.3 is 5.11 Å². The number of carboxylic acid groups (broad SMARTS) is 1. The fraction of sp³-hybridized carbons (Fsp3) is 0.500. The van der Waals surface area contributed by atoms with E-state index in [4.69, 9.17) is 5.11 Å². The van der Waals surface area contributed by atoms with Gasteiger partial charge in [0.15, 0.2) is 0 Å². The Bertz CT molecular complexity index is 407. The highest BCUT2D eigenvalue weighted by atomic mass is 16.4. The fourth-order valence-electron chi connectivity index (χ4n) is 1.63. The van der Waals surface area contributed by atoms with Crippen molar-refractivity contribution in [2.45, 2.75) is 19.3 Å². The first-order chi connectivity index (χ1) is 6.68. The van der Waals surface area contributed by atoms with Crippen LogP contribution < -0.4 is 0 Å². The lowest BCUT2D eigenvalue weighted by Gasteiger charge is -1.96. The summed E-state index contributed by atoms with van der Waals surface area (Å²) in [6, 6.07) is 0. The number of aliphatic carboxylic acids is 1. The lowest BCUT2D eigenvalue weighted by atomic mass is 10.1. The molecule has 0 saturated heterocycles. The number of hydrogen-bond acceptors (Lipinski definition) is 4. The lowest BCUT2D eigenvalue weighted by molar-refractivity contribution is -0.132. The molecule has 1 aromatic rings. The van der Waals surface area contributed by atoms with E-state index >= 15 is 0 Å². The third kappa shape index (κ3) is 1.39. The van der Waals surface area contributed by atoms with Gasteiger partial charge in [0.1, 0.15) is 0 Å². The smallest absolute Gasteiger partial charge is 0.331 e. The third-order valence-electron chi connectivity index (χ3n) is 2.25. The Hall–Kier alpha value is -1.72. The van der Waals surface area contributed by atoms with Crippen molar-refractivity contribution < 1.29 is 9.90 Å². The topological polar surface area (TPSA) is 80.9 Å². The molecular formula is C8H10N4O2. The van der Waals surface area contributed by atoms with Crippen LogP contribution in [0.3, 0.4) is 0 Å². The Balaban J connectivity index is 2.42. The van der Waals surface area contributed by atoms with E-state index < -0.39 is 5.97 Å². The number of allylic oxidation sites excluding steroid dienone is 1. The molecule has 0 saturated carbocycles. The molecule has 1 aliphatic carbocycles. The van der Waals surface area contributed by atoms with Crippen LogP contribution in [-0.2, 0) is 11.8 Å². The molecule has 0 bridgehead atoms. The maximum absolute atomic E-state index is 10.9. The Morgan fingerprint density at radius 2 is 2.29 bits per heavy atom. The van der Waals surface area contributed by atoms with E-state index in [0.717, 1.165) is 18.4 Å². The van der Waals surface area contributed by atoms with Crippen LogP contribution in [0, 0.1) is 0 Å². The highest BCUT2D eigenvalue weighted by molar-refractivity contribution is 5.96. The summed E-state index contributed by atoms with van der Waals surface area (Å²) in [5.41, 5.74) is 1.16. The average molecular weight is 194 g/mol. The van der Waals surface area contributed by atoms with Crippen molar-refractivity contribution in [1.29, 1.82) is 0 Å². The molecule has 0 unspecified atom stereocenters. The van der Waals surface area contributed by atoms with Gasteiger partial charge >= 0.3 is 5.97 Å². The molecule has 1 N–H and O–H groups in total. The largest absolute Gasteiger partial charge is 0.478 e. The van der Waals surface area contributed by atoms with Crippen molar-refractivity contribution >= 4 is 11.5 Å². The maximum Gasteiger partial charge on any atom is 0.331 e. The molecule has 0 aromatic carbocycles. The zero-order valence-electron chi connectivity index (χ0n) is 7.77. The van der Waals surface area contributed by atoms with Gasteiger partial charge in [-0.1, -0.05) is 0 Å². The van der Waals surface area contributed by atoms with Gasteiger partial charge in [0.05, 0.1) is 7.05 Å². The van der Waals surface area contributed by atoms with E-state index in [-0.39, 0.29) is 0 Å². The van der Waals surface area contributed by atoms with E-state index in [1.165, 1.54) is 4.80 Å². The zero-order valence-corrected chi connectivity index (χ0v) is 7.77. The number of tetrazole rings is 1. The molecule has 0 fully saturated rings. The third-order valence-corrected chi connectivity index (χ3v) is 2.25. The summed E-state index contributed by atoms with van der Waals surface area (Å²) in [6.07, 6.45) is 2.19. The van der Waals surface area contributed by atoms with Crippen molar-refractivity contribution in [2.75, 3.05) is 0 Å². The van der Waals surface area contributed by atoms with Crippen LogP contribution in [0.5, 0.6) is 0 Å². The highest BCUT2D eigenvalue weighted by Crippen LogP contribution is 2.31. The minimum atomic E-state index is -0.870. The van der Waals surface area contributed by atoms with Crippen molar-refractivity contribution in [2.24, 2.45) is 7.05 Å². The summed E-state index contributed by atoms with van der Waals surface area (Å²) in [4.78, 5) is 12.2. The van der Waals surface area contributed by atoms with Crippen molar-refractivity contribution in [3.05, 3.63) is 11.4 Å². The summed E-state index contributed by atoms with van der Waals surface area (Å²) < 4.78 is 0. The number of hydrogen-bond donors (Lipinski definition) is 1. The molecule has 14 heavy (non-hydrogen) atoms. The number of rotatable bonds is 2. The van der Waals surface area contributed by atoms with Crippen LogP contribution in [-0.4, -0.2) is 31.3 Å². The zero-order chi connectivity index (χ0) is 10.1. The fourth-order valence-corrected chi connectivity index (χ4v) is 1.63. The van der Waals surface area contributed by atoms with E-state index in [0.29, 0.717) is 17.8 Å². The van der Waals surface area contributed by atoms with Crippen LogP contribution >= 0.6 is 0 Å². The van der Waals surface area contributed by atoms with Gasteiger partial charge in [-0.25, -0.2) is 4.79 Å². The molecule has 0 radical (unpaired) electrons. The predicted molar refractivity (Wildman–Crippen MR) is 47.2 cm³/mol. The molecule has 0 spiro atoms. The first-order valence-corrected chi connectivity index (χ1v) is 4.38. The molecule has 0 aliphatic heterocycles. The summed E-state index contributed by atoms with van der Waals surface area (Å²) in [7, 11) is 1.66. The number of carboxylic acids is 1. The van der Waals surface area contributed by atoms with Crippen molar-refractivity contribution in [3.63, 3.8) is 0 Å². The molecule has 1 heterocycles. The maximum atomic E-state index is 10.9. The summed E-state index contributed by atoms with van der Waals surface area (Å²) in [5, 5.41) is 20.4. The first-order valence-electron chi connectivity index (χ1n) is 4.38. The van der Waals surface area contributed by atoms with E-state index in [9.17, 15) is 4.79 Å². The summed E-state index contributed by atoms with van der Waals surface area (Å²) in [5.74, 6) is -0.424. The number of aromatic nitrogens is 4. The van der Waals surface area contributed by atoms with Gasteiger partial charge in [-0.05, 0) is 24.5 Å². The SMILES string of the molecule is Cn1nnc(C2=C(C(=O)O)CCC2)n1. The minimum Gasteiger partial charge on any atom is -0.478 e. The molecule has 6 nitrogen and oxygen atoms in total. The number of carbonyl (C=O) groups is 1. The second-order valence-corrected chi connectivity index (χ2v) is 3.22. The molecule has 74 valence electrons. The molecule has 0 amide bonds. The van der Waals surface area contributed by atoms with Crippen LogP contribution in [0.1, 0.15) is 25.1 Å². The van der Waals surface area contributed by atoms with E-state index in [2.05, 4.69) is 15.4 Å². The average Bonchev–Trinajstić information content (AvgIpc) is 2.70. The monoisotopic (exact) mass is 194 g/mol. The summed E-state index contributed by atoms with van der Waals surface area (Å²) in [6.45, 7) is 0. The van der Waals surface area contributed by atoms with Crippen LogP contribution in [0.4, 0.5) is 0 Å². The van der Waals surface area contributed by atoms with Gasteiger partial charge in [-0.2, -0.15) is 4.80 Å². The minimum absolute atomic E-state index is 0.429. The number of aryl methyl sites for hydroxylation is 1. The second-order valence-electron chi connectivity index (χ2n) is 3.22. The van der Waals surface area contributed by atoms with Gasteiger partial charge in [0.2, 0.25) is 5.82 Å². The summed E-state index contributed by atoms with van der Waals surface area (Å²) >= 11 is 0. The first kappa shape index (κ1) is 8.86. The molecule has 6 heteroatoms. The quantitative estimate of drug-likeness (QED) is 0.728. The Kier molecular flexibility index (Phi) is 2.03. The van der Waals surface area contributed by atoms with Gasteiger partial charge in [0, 0.05) is 11.1 Å². The Morgan fingerprint density at radius 3 is 2.86 bits per heavy atom. The van der Waals surface area contributed by atoms with Crippen LogP contribution in [0.15, 0.2) is 5.57 Å². The Labute approximate surface area is 80.2 Å². The predicted octanol–water partition coefficient (Wildman–Crippen LogP) is 0.232. The van der Waals surface area contributed by atoms with E-state index in [1.54, 1.807) is 7.05 Å². The highest BCUT2D eigenvalue weighted by Gasteiger charge is 2.24. The molecule has 2 rings (SSSR count). The second kappa shape index (κ2) is 3.21. The lowest BCUT2D eigenvalue weighted by Crippen LogP contribution is -2.00. The normalized spacial score (nSPS) is 16.4. The molecule has 0 atom stereocenters. The van der Waals surface area contributed by atoms with Gasteiger partial charge in [-0.15, -0.1) is 10.2 Å².